The van der Waals surface area contributed by atoms with Crippen molar-refractivity contribution in [3.8, 4) is 5.75 Å². The number of hydrogen-bond acceptors (Lipinski definition) is 1. The third-order valence-electron chi connectivity index (χ3n) is 8.23. The number of rotatable bonds is 12. The zero-order valence-electron chi connectivity index (χ0n) is 20.0. The van der Waals surface area contributed by atoms with Crippen molar-refractivity contribution < 1.29 is 4.74 Å². The van der Waals surface area contributed by atoms with E-state index in [0.717, 1.165) is 36.0 Å². The molecule has 2 saturated carbocycles. The van der Waals surface area contributed by atoms with E-state index in [-0.39, 0.29) is 0 Å². The fourth-order valence-electron chi connectivity index (χ4n) is 5.97. The Morgan fingerprint density at radius 2 is 1.27 bits per heavy atom. The van der Waals surface area contributed by atoms with E-state index in [1.54, 1.807) is 0 Å². The molecule has 0 heterocycles. The Kier molecular flexibility index (Phi) is 10.6. The van der Waals surface area contributed by atoms with E-state index in [4.69, 9.17) is 4.74 Å². The van der Waals surface area contributed by atoms with Gasteiger partial charge in [0.15, 0.2) is 0 Å². The van der Waals surface area contributed by atoms with Crippen LogP contribution < -0.4 is 4.74 Å². The largest absolute Gasteiger partial charge is 0.494 e. The highest BCUT2D eigenvalue weighted by molar-refractivity contribution is 5.29. The van der Waals surface area contributed by atoms with Crippen molar-refractivity contribution in [3.63, 3.8) is 0 Å². The maximum Gasteiger partial charge on any atom is 0.119 e. The molecule has 1 aromatic carbocycles. The molecule has 0 amide bonds. The van der Waals surface area contributed by atoms with Gasteiger partial charge in [0.25, 0.3) is 0 Å². The molecular formula is C29H48O. The third kappa shape index (κ3) is 7.93. The molecule has 0 atom stereocenters. The molecule has 0 aliphatic heterocycles. The van der Waals surface area contributed by atoms with Gasteiger partial charge < -0.3 is 4.74 Å². The Morgan fingerprint density at radius 1 is 0.667 bits per heavy atom. The third-order valence-corrected chi connectivity index (χ3v) is 8.23. The standard InChI is InChI=1S/C29H48O/c1-3-5-6-7-9-25-11-13-26(14-12-25)10-8-23-30-29-21-19-28(20-22-29)27-17-15-24(4-2)16-18-27/h19-22,24-27H,3-18,23H2,1-2H3. The molecule has 0 N–H and O–H groups in total. The van der Waals surface area contributed by atoms with Crippen molar-refractivity contribution in [2.75, 3.05) is 6.61 Å². The molecule has 2 aliphatic rings. The van der Waals surface area contributed by atoms with Crippen LogP contribution in [-0.2, 0) is 0 Å². The summed E-state index contributed by atoms with van der Waals surface area (Å²) in [5.41, 5.74) is 1.53. The van der Waals surface area contributed by atoms with Crippen LogP contribution in [0.15, 0.2) is 24.3 Å². The highest BCUT2D eigenvalue weighted by atomic mass is 16.5. The van der Waals surface area contributed by atoms with Gasteiger partial charge in [0.05, 0.1) is 6.61 Å². The molecule has 0 bridgehead atoms. The van der Waals surface area contributed by atoms with Gasteiger partial charge >= 0.3 is 0 Å². The van der Waals surface area contributed by atoms with Crippen molar-refractivity contribution in [1.82, 2.24) is 0 Å². The van der Waals surface area contributed by atoms with E-state index in [0.29, 0.717) is 0 Å². The summed E-state index contributed by atoms with van der Waals surface area (Å²) in [5.74, 6) is 4.82. The highest BCUT2D eigenvalue weighted by Crippen LogP contribution is 2.37. The number of ether oxygens (including phenoxy) is 1. The molecule has 0 radical (unpaired) electrons. The highest BCUT2D eigenvalue weighted by Gasteiger charge is 2.22. The van der Waals surface area contributed by atoms with Crippen LogP contribution in [0.5, 0.6) is 5.75 Å². The second-order valence-corrected chi connectivity index (χ2v) is 10.4. The Morgan fingerprint density at radius 3 is 1.87 bits per heavy atom. The molecule has 170 valence electrons. The summed E-state index contributed by atoms with van der Waals surface area (Å²) < 4.78 is 6.07. The molecule has 0 unspecified atom stereocenters. The van der Waals surface area contributed by atoms with E-state index in [1.165, 1.54) is 108 Å². The van der Waals surface area contributed by atoms with Gasteiger partial charge in [-0.05, 0) is 79.9 Å². The fraction of sp³-hybridized carbons (Fsp3) is 0.793. The average molecular weight is 413 g/mol. The topological polar surface area (TPSA) is 9.23 Å². The molecule has 2 aliphatic carbocycles. The maximum absolute atomic E-state index is 6.07. The lowest BCUT2D eigenvalue weighted by molar-refractivity contribution is 0.228. The van der Waals surface area contributed by atoms with E-state index in [1.807, 2.05) is 0 Å². The smallest absolute Gasteiger partial charge is 0.119 e. The number of benzene rings is 1. The second-order valence-electron chi connectivity index (χ2n) is 10.4. The van der Waals surface area contributed by atoms with Crippen molar-refractivity contribution in [3.05, 3.63) is 29.8 Å². The van der Waals surface area contributed by atoms with Crippen LogP contribution in [0.4, 0.5) is 0 Å². The predicted molar refractivity (Wildman–Crippen MR) is 130 cm³/mol. The summed E-state index contributed by atoms with van der Waals surface area (Å²) in [6.07, 6.45) is 22.6. The molecule has 1 aromatic rings. The molecule has 30 heavy (non-hydrogen) atoms. The molecule has 1 heteroatoms. The number of unbranched alkanes of at least 4 members (excludes halogenated alkanes) is 3. The molecular weight excluding hydrogens is 364 g/mol. The summed E-state index contributed by atoms with van der Waals surface area (Å²) >= 11 is 0. The minimum absolute atomic E-state index is 0.781. The van der Waals surface area contributed by atoms with Gasteiger partial charge in [-0.1, -0.05) is 90.2 Å². The molecule has 1 nitrogen and oxygen atoms in total. The van der Waals surface area contributed by atoms with Gasteiger partial charge in [-0.25, -0.2) is 0 Å². The Balaban J connectivity index is 1.25. The molecule has 0 spiro atoms. The van der Waals surface area contributed by atoms with Gasteiger partial charge in [0, 0.05) is 0 Å². The van der Waals surface area contributed by atoms with Crippen LogP contribution in [0.25, 0.3) is 0 Å². The minimum Gasteiger partial charge on any atom is -0.494 e. The maximum atomic E-state index is 6.07. The lowest BCUT2D eigenvalue weighted by atomic mass is 9.78. The fourth-order valence-corrected chi connectivity index (χ4v) is 5.97. The monoisotopic (exact) mass is 412 g/mol. The van der Waals surface area contributed by atoms with Gasteiger partial charge in [-0.2, -0.15) is 0 Å². The van der Waals surface area contributed by atoms with E-state index in [2.05, 4.69) is 38.1 Å². The molecule has 2 fully saturated rings. The quantitative estimate of drug-likeness (QED) is 0.311. The Hall–Kier alpha value is -0.980. The lowest BCUT2D eigenvalue weighted by Gasteiger charge is -2.28. The summed E-state index contributed by atoms with van der Waals surface area (Å²) in [6.45, 7) is 5.54. The van der Waals surface area contributed by atoms with Gasteiger partial charge in [-0.15, -0.1) is 0 Å². The van der Waals surface area contributed by atoms with E-state index < -0.39 is 0 Å². The zero-order valence-corrected chi connectivity index (χ0v) is 20.0. The second kappa shape index (κ2) is 13.4. The SMILES string of the molecule is CCCCCCC1CCC(CCCOc2ccc(C3CCC(CC)CC3)cc2)CC1. The zero-order chi connectivity index (χ0) is 21.0. The predicted octanol–water partition coefficient (Wildman–Crippen LogP) is 9.31. The van der Waals surface area contributed by atoms with Crippen LogP contribution in [0.3, 0.4) is 0 Å². The van der Waals surface area contributed by atoms with Gasteiger partial charge in [0.2, 0.25) is 0 Å². The van der Waals surface area contributed by atoms with Gasteiger partial charge in [0.1, 0.15) is 5.75 Å². The van der Waals surface area contributed by atoms with Crippen molar-refractivity contribution in [2.24, 2.45) is 17.8 Å². The first-order valence-corrected chi connectivity index (χ1v) is 13.5. The normalized spacial score (nSPS) is 27.1. The Bertz CT molecular complexity index is 546. The first-order valence-electron chi connectivity index (χ1n) is 13.5. The molecule has 0 aromatic heterocycles. The van der Waals surface area contributed by atoms with Crippen LogP contribution in [0, 0.1) is 17.8 Å². The van der Waals surface area contributed by atoms with Crippen LogP contribution in [0.2, 0.25) is 0 Å². The van der Waals surface area contributed by atoms with Crippen LogP contribution >= 0.6 is 0 Å². The van der Waals surface area contributed by atoms with E-state index >= 15 is 0 Å². The Labute approximate surface area is 187 Å². The van der Waals surface area contributed by atoms with Crippen LogP contribution in [-0.4, -0.2) is 6.61 Å². The average Bonchev–Trinajstić information content (AvgIpc) is 2.81. The van der Waals surface area contributed by atoms with Crippen LogP contribution in [0.1, 0.15) is 128 Å². The molecule has 3 rings (SSSR count). The van der Waals surface area contributed by atoms with Crippen molar-refractivity contribution in [2.45, 2.75) is 122 Å². The first-order chi connectivity index (χ1) is 14.8. The molecule has 0 saturated heterocycles. The first kappa shape index (κ1) is 23.7. The van der Waals surface area contributed by atoms with Gasteiger partial charge in [-0.3, -0.25) is 0 Å². The minimum atomic E-state index is 0.781. The summed E-state index contributed by atoms with van der Waals surface area (Å²) in [5, 5.41) is 0. The summed E-state index contributed by atoms with van der Waals surface area (Å²) in [7, 11) is 0. The number of hydrogen-bond donors (Lipinski definition) is 0. The lowest BCUT2D eigenvalue weighted by Crippen LogP contribution is -2.15. The van der Waals surface area contributed by atoms with E-state index in [9.17, 15) is 0 Å². The summed E-state index contributed by atoms with van der Waals surface area (Å²) in [6, 6.07) is 9.08. The van der Waals surface area contributed by atoms with Crippen molar-refractivity contribution in [1.29, 1.82) is 0 Å². The summed E-state index contributed by atoms with van der Waals surface area (Å²) in [4.78, 5) is 0. The van der Waals surface area contributed by atoms with Crippen molar-refractivity contribution >= 4 is 0 Å².